The Bertz CT molecular complexity index is 1710. The van der Waals surface area contributed by atoms with E-state index >= 15 is 8.42 Å². The molecule has 3 N–H and O–H groups in total. The first-order valence-corrected chi connectivity index (χ1v) is 15.6. The van der Waals surface area contributed by atoms with Gasteiger partial charge in [-0.15, -0.1) is 0 Å². The first-order valence-electron chi connectivity index (χ1n) is 14.2. The van der Waals surface area contributed by atoms with Crippen LogP contribution in [-0.4, -0.2) is 48.7 Å². The first kappa shape index (κ1) is 32.2. The van der Waals surface area contributed by atoms with E-state index in [1.54, 1.807) is 33.9 Å². The molecule has 4 rings (SSSR count). The number of quaternary nitrogens is 1. The fourth-order valence-corrected chi connectivity index (χ4v) is 7.61. The van der Waals surface area contributed by atoms with Crippen LogP contribution >= 0.6 is 0 Å². The summed E-state index contributed by atoms with van der Waals surface area (Å²) in [5, 5.41) is 0.894. The van der Waals surface area contributed by atoms with E-state index in [1.807, 2.05) is 81.6 Å². The van der Waals surface area contributed by atoms with Crippen molar-refractivity contribution < 1.29 is 31.6 Å². The van der Waals surface area contributed by atoms with Crippen LogP contribution in [0.3, 0.4) is 0 Å². The topological polar surface area (TPSA) is 121 Å². The molecule has 0 aliphatic carbocycles. The van der Waals surface area contributed by atoms with Gasteiger partial charge in [0.25, 0.3) is 5.91 Å². The lowest BCUT2D eigenvalue weighted by atomic mass is 10.1. The van der Waals surface area contributed by atoms with E-state index in [-0.39, 0.29) is 24.7 Å². The highest BCUT2D eigenvalue weighted by Gasteiger charge is 2.57. The molecule has 1 aromatic heterocycles. The average Bonchev–Trinajstić information content (AvgIpc) is 3.41. The molecule has 43 heavy (non-hydrogen) atoms. The van der Waals surface area contributed by atoms with Gasteiger partial charge in [-0.05, 0) is 93.4 Å². The molecule has 0 spiro atoms. The summed E-state index contributed by atoms with van der Waals surface area (Å²) in [4.78, 5) is 23.2. The predicted molar refractivity (Wildman–Crippen MR) is 167 cm³/mol. The third-order valence-corrected chi connectivity index (χ3v) is 10.1. The maximum atomic E-state index is 15.3. The zero-order valence-electron chi connectivity index (χ0n) is 25.9. The quantitative estimate of drug-likeness (QED) is 0.159. The largest absolute Gasteiger partial charge is 0.496 e. The number of nitrogens with two attached hydrogens (primary N) is 1. The second-order valence-corrected chi connectivity index (χ2v) is 13.8. The molecule has 0 saturated heterocycles. The second-order valence-electron chi connectivity index (χ2n) is 11.8. The van der Waals surface area contributed by atoms with Gasteiger partial charge in [-0.3, -0.25) is 4.79 Å². The van der Waals surface area contributed by atoms with Gasteiger partial charge in [0.2, 0.25) is 6.04 Å². The van der Waals surface area contributed by atoms with Crippen molar-refractivity contribution in [2.75, 3.05) is 13.7 Å². The lowest BCUT2D eigenvalue weighted by molar-refractivity contribution is -1.03. The number of carbonyl (C=O) groups excluding carboxylic acids is 1. The number of primary amides is 1. The Kier molecular flexibility index (Phi) is 9.36. The first-order chi connectivity index (χ1) is 20.2. The van der Waals surface area contributed by atoms with Crippen molar-refractivity contribution in [1.29, 1.82) is 0 Å². The van der Waals surface area contributed by atoms with E-state index in [4.69, 9.17) is 20.0 Å². The number of aryl methyl sites for hydroxylation is 1. The number of nitrogens with one attached hydrogen (secondary N) is 1. The average molecular weight is 609 g/mol. The number of sulfonamides is 1. The molecule has 230 valence electrons. The number of hydrogen-bond donors (Lipinski definition) is 2. The Labute approximate surface area is 254 Å². The van der Waals surface area contributed by atoms with Gasteiger partial charge in [0.05, 0.1) is 12.7 Å². The van der Waals surface area contributed by atoms with Crippen LogP contribution in [0.1, 0.15) is 48.6 Å². The van der Waals surface area contributed by atoms with Crippen molar-refractivity contribution in [3.63, 3.8) is 0 Å². The number of hydroxylamine groups is 2. The lowest BCUT2D eigenvalue weighted by Gasteiger charge is -2.40. The number of methoxy groups -OCH3 is 1. The molecule has 10 heteroatoms. The summed E-state index contributed by atoms with van der Waals surface area (Å²) >= 11 is 0. The number of fused-ring (bicyclic) bond motifs is 1. The van der Waals surface area contributed by atoms with Crippen LogP contribution in [-0.2, 0) is 37.5 Å². The number of ether oxygens (including phenoxy) is 2. The minimum atomic E-state index is -4.52. The molecule has 0 saturated carbocycles. The number of aromatic nitrogens is 1. The molecule has 0 bridgehead atoms. The van der Waals surface area contributed by atoms with Crippen LogP contribution in [0.2, 0.25) is 0 Å². The molecule has 1 unspecified atom stereocenters. The number of aromatic amines is 1. The van der Waals surface area contributed by atoms with Crippen LogP contribution in [0.25, 0.3) is 10.9 Å². The SMILES string of the molecule is COc1cc(C)c(S(=O)(=O)[N+](Cc2ccc3[nH]ccc3c2)(OCc2ccccc2)[C@H](COC(C)(C)C)C(N)=O)c(C)c1C. The maximum absolute atomic E-state index is 15.3. The molecule has 4 aromatic rings. The molecule has 0 aliphatic rings. The monoisotopic (exact) mass is 608 g/mol. The number of hydrogen-bond acceptors (Lipinski definition) is 6. The van der Waals surface area contributed by atoms with Gasteiger partial charge in [-0.1, -0.05) is 40.4 Å². The standard InChI is InChI=1S/C33H41N3O6S/c1-22-17-30(40-7)23(2)24(3)31(22)43(38,39)36(42-20-25-11-9-8-10-12-25,29(32(34)37)21-41-33(4,5)6)19-26-13-14-28-27(18-26)15-16-35-28/h8-18,29,35H,19-21H2,1-7H3,(H-,34,37)/p+1/t29-,36?/m1/s1. The molecule has 0 fully saturated rings. The highest BCUT2D eigenvalue weighted by atomic mass is 32.2. The number of amides is 1. The van der Waals surface area contributed by atoms with Crippen LogP contribution in [0, 0.1) is 20.8 Å². The highest BCUT2D eigenvalue weighted by molar-refractivity contribution is 7.86. The smallest absolute Gasteiger partial charge is 0.358 e. The lowest BCUT2D eigenvalue weighted by Crippen LogP contribution is -2.64. The molecule has 9 nitrogen and oxygen atoms in total. The summed E-state index contributed by atoms with van der Waals surface area (Å²) in [6.45, 7) is 10.2. The summed E-state index contributed by atoms with van der Waals surface area (Å²) in [6, 6.07) is 17.0. The zero-order chi connectivity index (χ0) is 31.6. The second kappa shape index (κ2) is 12.5. The maximum Gasteiger partial charge on any atom is 0.358 e. The van der Waals surface area contributed by atoms with Gasteiger partial charge in [0.15, 0.2) is 6.54 Å². The zero-order valence-corrected chi connectivity index (χ0v) is 26.7. The Balaban J connectivity index is 2.03. The summed E-state index contributed by atoms with van der Waals surface area (Å²) < 4.78 is 41.1. The van der Waals surface area contributed by atoms with Crippen molar-refractivity contribution in [3.05, 3.63) is 94.7 Å². The van der Waals surface area contributed by atoms with Crippen LogP contribution < -0.4 is 10.5 Å². The number of nitrogens with zero attached hydrogens (tertiary/aromatic N) is 1. The van der Waals surface area contributed by atoms with E-state index < -0.39 is 31.6 Å². The van der Waals surface area contributed by atoms with Gasteiger partial charge in [-0.25, -0.2) is 0 Å². The van der Waals surface area contributed by atoms with E-state index in [9.17, 15) is 4.79 Å². The summed E-state index contributed by atoms with van der Waals surface area (Å²) in [6.07, 6.45) is 1.81. The number of carbonyl (C=O) groups is 1. The van der Waals surface area contributed by atoms with Gasteiger partial charge in [0, 0.05) is 17.3 Å². The molecule has 2 atom stereocenters. The molecule has 3 aromatic carbocycles. The number of H-pyrrole nitrogens is 1. The number of benzene rings is 3. The van der Waals surface area contributed by atoms with Gasteiger partial charge >= 0.3 is 10.0 Å². The van der Waals surface area contributed by atoms with Gasteiger partial charge in [-0.2, -0.15) is 13.3 Å². The third-order valence-electron chi connectivity index (χ3n) is 7.65. The van der Waals surface area contributed by atoms with Crippen LogP contribution in [0.15, 0.2) is 71.8 Å². The van der Waals surface area contributed by atoms with Crippen molar-refractivity contribution in [3.8, 4) is 5.75 Å². The fourth-order valence-electron chi connectivity index (χ4n) is 5.28. The molecule has 1 heterocycles. The van der Waals surface area contributed by atoms with Crippen molar-refractivity contribution in [2.24, 2.45) is 5.73 Å². The predicted octanol–water partition coefficient (Wildman–Crippen LogP) is 5.61. The van der Waals surface area contributed by atoms with E-state index in [0.717, 1.165) is 16.5 Å². The van der Waals surface area contributed by atoms with Crippen molar-refractivity contribution in [2.45, 2.75) is 71.2 Å². The van der Waals surface area contributed by atoms with E-state index in [0.29, 0.717) is 28.0 Å². The highest BCUT2D eigenvalue weighted by Crippen LogP contribution is 2.39. The normalized spacial score (nSPS) is 14.4. The number of rotatable bonds is 12. The molecular formula is C33H42N3O6S+. The van der Waals surface area contributed by atoms with Crippen LogP contribution in [0.4, 0.5) is 0 Å². The third kappa shape index (κ3) is 6.62. The Morgan fingerprint density at radius 2 is 1.67 bits per heavy atom. The molecule has 0 radical (unpaired) electrons. The minimum absolute atomic E-state index is 0.0589. The fraction of sp³-hybridized carbons (Fsp3) is 0.364. The van der Waals surface area contributed by atoms with Gasteiger partial charge in [0.1, 0.15) is 23.9 Å². The minimum Gasteiger partial charge on any atom is -0.496 e. The Morgan fingerprint density at radius 3 is 2.30 bits per heavy atom. The van der Waals surface area contributed by atoms with Gasteiger partial charge < -0.3 is 20.2 Å². The Morgan fingerprint density at radius 1 is 0.977 bits per heavy atom. The summed E-state index contributed by atoms with van der Waals surface area (Å²) in [5.41, 5.74) is 9.31. The van der Waals surface area contributed by atoms with Crippen LogP contribution in [0.5, 0.6) is 5.75 Å². The van der Waals surface area contributed by atoms with Crippen molar-refractivity contribution in [1.82, 2.24) is 4.98 Å². The molecule has 0 aliphatic heterocycles. The van der Waals surface area contributed by atoms with E-state index in [2.05, 4.69) is 4.98 Å². The summed E-state index contributed by atoms with van der Waals surface area (Å²) in [5.74, 6) is -0.290. The molecule has 1 amide bonds. The van der Waals surface area contributed by atoms with E-state index in [1.165, 1.54) is 0 Å². The Hall–Kier alpha value is -3.70. The molecular weight excluding hydrogens is 566 g/mol. The van der Waals surface area contributed by atoms with Crippen molar-refractivity contribution >= 4 is 26.8 Å². The summed E-state index contributed by atoms with van der Waals surface area (Å²) in [7, 11) is -2.98.